The van der Waals surface area contributed by atoms with Crippen LogP contribution in [0.5, 0.6) is 0 Å². The quantitative estimate of drug-likeness (QED) is 0.707. The van der Waals surface area contributed by atoms with Crippen molar-refractivity contribution < 1.29 is 4.79 Å². The molecule has 27 heavy (non-hydrogen) atoms. The van der Waals surface area contributed by atoms with E-state index in [4.69, 9.17) is 0 Å². The third kappa shape index (κ3) is 4.82. The highest BCUT2D eigenvalue weighted by Crippen LogP contribution is 2.31. The summed E-state index contributed by atoms with van der Waals surface area (Å²) in [6.45, 7) is 4.07. The summed E-state index contributed by atoms with van der Waals surface area (Å²) in [5.41, 5.74) is 0. The molecule has 0 aromatic rings. The normalized spacial score (nSPS) is 34.5. The van der Waals surface area contributed by atoms with E-state index in [1.54, 1.807) is 0 Å². The Morgan fingerprint density at radius 2 is 1.30 bits per heavy atom. The Labute approximate surface area is 163 Å². The molecular formula is C21H35N5O. The smallest absolute Gasteiger partial charge is 0.223 e. The van der Waals surface area contributed by atoms with Crippen molar-refractivity contribution in [3.05, 3.63) is 0 Å². The molecule has 0 spiro atoms. The molecular weight excluding hydrogens is 338 g/mol. The Hall–Kier alpha value is -1.59. The maximum atomic E-state index is 12.7. The van der Waals surface area contributed by atoms with E-state index in [1.807, 2.05) is 0 Å². The van der Waals surface area contributed by atoms with Gasteiger partial charge < -0.3 is 16.0 Å². The zero-order valence-corrected chi connectivity index (χ0v) is 16.5. The molecule has 0 bridgehead atoms. The number of carbonyl (C=O) groups excluding carboxylic acids is 1. The van der Waals surface area contributed by atoms with Crippen LogP contribution in [0.15, 0.2) is 9.98 Å². The maximum absolute atomic E-state index is 12.7. The van der Waals surface area contributed by atoms with E-state index in [-0.39, 0.29) is 5.92 Å². The van der Waals surface area contributed by atoms with Gasteiger partial charge in [0.05, 0.1) is 11.7 Å². The standard InChI is InChI=1S/C21H35N5O/c27-21(17-5-3-15(4-6-17)19-22-11-1-12-23-19)26-18-9-7-16(8-10-18)20-24-13-2-14-25-20/h15-18H,1-14H2,(H,22,23)(H,24,25)(H,26,27). The van der Waals surface area contributed by atoms with Gasteiger partial charge in [-0.25, -0.2) is 0 Å². The maximum Gasteiger partial charge on any atom is 0.223 e. The Morgan fingerprint density at radius 1 is 0.778 bits per heavy atom. The number of hydrogen-bond donors (Lipinski definition) is 3. The largest absolute Gasteiger partial charge is 0.374 e. The van der Waals surface area contributed by atoms with Gasteiger partial charge >= 0.3 is 0 Å². The first-order valence-corrected chi connectivity index (χ1v) is 11.2. The Bertz CT molecular complexity index is 571. The number of carbonyl (C=O) groups is 1. The van der Waals surface area contributed by atoms with Crippen molar-refractivity contribution in [2.24, 2.45) is 27.7 Å². The summed E-state index contributed by atoms with van der Waals surface area (Å²) in [4.78, 5) is 22.1. The highest BCUT2D eigenvalue weighted by atomic mass is 16.1. The van der Waals surface area contributed by atoms with Crippen LogP contribution in [0.4, 0.5) is 0 Å². The molecule has 0 aromatic carbocycles. The van der Waals surface area contributed by atoms with Crippen molar-refractivity contribution in [3.63, 3.8) is 0 Å². The van der Waals surface area contributed by atoms with E-state index < -0.39 is 0 Å². The van der Waals surface area contributed by atoms with Crippen LogP contribution >= 0.6 is 0 Å². The van der Waals surface area contributed by atoms with Gasteiger partial charge in [0.1, 0.15) is 0 Å². The fourth-order valence-corrected chi connectivity index (χ4v) is 5.11. The molecule has 4 rings (SSSR count). The summed E-state index contributed by atoms with van der Waals surface area (Å²) in [7, 11) is 0. The molecule has 2 fully saturated rings. The molecule has 6 heteroatoms. The number of nitrogens with zero attached hydrogens (tertiary/aromatic N) is 2. The molecule has 1 amide bonds. The molecule has 2 heterocycles. The van der Waals surface area contributed by atoms with Crippen molar-refractivity contribution in [1.29, 1.82) is 0 Å². The second-order valence-electron chi connectivity index (χ2n) is 8.70. The van der Waals surface area contributed by atoms with Gasteiger partial charge in [0.15, 0.2) is 0 Å². The molecule has 0 atom stereocenters. The number of hydrogen-bond acceptors (Lipinski definition) is 5. The van der Waals surface area contributed by atoms with Gasteiger partial charge in [0.2, 0.25) is 5.91 Å². The monoisotopic (exact) mass is 373 g/mol. The summed E-state index contributed by atoms with van der Waals surface area (Å²) < 4.78 is 0. The second-order valence-corrected chi connectivity index (χ2v) is 8.70. The molecule has 6 nitrogen and oxygen atoms in total. The number of amides is 1. The minimum Gasteiger partial charge on any atom is -0.374 e. The highest BCUT2D eigenvalue weighted by molar-refractivity contribution is 5.86. The molecule has 2 aliphatic carbocycles. The average Bonchev–Trinajstić information content (AvgIpc) is 2.76. The van der Waals surface area contributed by atoms with E-state index in [0.29, 0.717) is 23.8 Å². The average molecular weight is 374 g/mol. The Balaban J connectivity index is 1.19. The van der Waals surface area contributed by atoms with Crippen LogP contribution in [0, 0.1) is 17.8 Å². The van der Waals surface area contributed by atoms with Crippen LogP contribution in [0.25, 0.3) is 0 Å². The van der Waals surface area contributed by atoms with E-state index in [1.165, 1.54) is 11.7 Å². The third-order valence-corrected chi connectivity index (χ3v) is 6.79. The van der Waals surface area contributed by atoms with Gasteiger partial charge in [0.25, 0.3) is 0 Å². The number of nitrogens with one attached hydrogen (secondary N) is 3. The fraction of sp³-hybridized carbons (Fsp3) is 0.857. The first-order valence-electron chi connectivity index (χ1n) is 11.2. The number of aliphatic imine (C=N–C) groups is 2. The topological polar surface area (TPSA) is 77.9 Å². The lowest BCUT2D eigenvalue weighted by Crippen LogP contribution is -2.45. The summed E-state index contributed by atoms with van der Waals surface area (Å²) in [5.74, 6) is 4.06. The van der Waals surface area contributed by atoms with Crippen molar-refractivity contribution in [2.45, 2.75) is 70.3 Å². The van der Waals surface area contributed by atoms with E-state index in [2.05, 4.69) is 25.9 Å². The Kier molecular flexibility index (Phi) is 6.30. The van der Waals surface area contributed by atoms with Crippen molar-refractivity contribution in [3.8, 4) is 0 Å². The van der Waals surface area contributed by atoms with E-state index in [0.717, 1.165) is 90.4 Å². The van der Waals surface area contributed by atoms with Crippen LogP contribution in [0.3, 0.4) is 0 Å². The molecule has 2 saturated carbocycles. The summed E-state index contributed by atoms with van der Waals surface area (Å²) >= 11 is 0. The molecule has 2 aliphatic heterocycles. The number of rotatable bonds is 4. The Morgan fingerprint density at radius 3 is 1.78 bits per heavy atom. The van der Waals surface area contributed by atoms with Crippen LogP contribution in [0.2, 0.25) is 0 Å². The lowest BCUT2D eigenvalue weighted by molar-refractivity contribution is -0.127. The van der Waals surface area contributed by atoms with E-state index in [9.17, 15) is 4.79 Å². The first-order chi connectivity index (χ1) is 13.3. The van der Waals surface area contributed by atoms with Gasteiger partial charge in [-0.05, 0) is 64.2 Å². The third-order valence-electron chi connectivity index (χ3n) is 6.79. The zero-order chi connectivity index (χ0) is 18.5. The van der Waals surface area contributed by atoms with Crippen LogP contribution in [-0.2, 0) is 4.79 Å². The first kappa shape index (κ1) is 18.8. The SMILES string of the molecule is O=C(NC1CCC(C2=NCCCN2)CC1)C1CCC(C2=NCCCN2)CC1. The van der Waals surface area contributed by atoms with Gasteiger partial charge in [-0.1, -0.05) is 0 Å². The minimum absolute atomic E-state index is 0.201. The summed E-state index contributed by atoms with van der Waals surface area (Å²) in [5, 5.41) is 10.3. The molecule has 3 N–H and O–H groups in total. The molecule has 0 saturated heterocycles. The summed E-state index contributed by atoms with van der Waals surface area (Å²) in [6.07, 6.45) is 11.0. The predicted molar refractivity (Wildman–Crippen MR) is 109 cm³/mol. The van der Waals surface area contributed by atoms with Crippen molar-refractivity contribution in [2.75, 3.05) is 26.2 Å². The van der Waals surface area contributed by atoms with Gasteiger partial charge in [-0.3, -0.25) is 14.8 Å². The van der Waals surface area contributed by atoms with Crippen molar-refractivity contribution in [1.82, 2.24) is 16.0 Å². The van der Waals surface area contributed by atoms with Crippen LogP contribution in [0.1, 0.15) is 64.2 Å². The van der Waals surface area contributed by atoms with Crippen LogP contribution < -0.4 is 16.0 Å². The molecule has 150 valence electrons. The molecule has 0 unspecified atom stereocenters. The van der Waals surface area contributed by atoms with Gasteiger partial charge in [-0.15, -0.1) is 0 Å². The lowest BCUT2D eigenvalue weighted by Gasteiger charge is -2.34. The molecule has 0 radical (unpaired) electrons. The minimum atomic E-state index is 0.201. The molecule has 0 aromatic heterocycles. The van der Waals surface area contributed by atoms with Crippen LogP contribution in [-0.4, -0.2) is 49.8 Å². The van der Waals surface area contributed by atoms with Gasteiger partial charge in [-0.2, -0.15) is 0 Å². The van der Waals surface area contributed by atoms with Gasteiger partial charge in [0, 0.05) is 50.0 Å². The highest BCUT2D eigenvalue weighted by Gasteiger charge is 2.32. The predicted octanol–water partition coefficient (Wildman–Crippen LogP) is 2.25. The summed E-state index contributed by atoms with van der Waals surface area (Å²) in [6, 6.07) is 0.361. The second kappa shape index (κ2) is 9.07. The fourth-order valence-electron chi connectivity index (χ4n) is 5.11. The zero-order valence-electron chi connectivity index (χ0n) is 16.5. The number of amidine groups is 2. The molecule has 4 aliphatic rings. The van der Waals surface area contributed by atoms with E-state index >= 15 is 0 Å². The lowest BCUT2D eigenvalue weighted by atomic mass is 9.80. The van der Waals surface area contributed by atoms with Crippen molar-refractivity contribution >= 4 is 17.6 Å².